The van der Waals surface area contributed by atoms with Gasteiger partial charge in [-0.15, -0.1) is 12.4 Å². The summed E-state index contributed by atoms with van der Waals surface area (Å²) in [5, 5.41) is 6.14. The Balaban J connectivity index is 0.00000243. The SMILES string of the molecule is CC(NC(=O)C1CCCC1)C(=O)N1CCNCC1c1cccc(F)c1.Cl. The van der Waals surface area contributed by atoms with Crippen molar-refractivity contribution < 1.29 is 14.0 Å². The van der Waals surface area contributed by atoms with Gasteiger partial charge in [-0.2, -0.15) is 0 Å². The van der Waals surface area contributed by atoms with Crippen LogP contribution in [0.15, 0.2) is 24.3 Å². The maximum absolute atomic E-state index is 13.6. The average molecular weight is 384 g/mol. The zero-order valence-electron chi connectivity index (χ0n) is 15.0. The molecular weight excluding hydrogens is 357 g/mol. The van der Waals surface area contributed by atoms with Crippen molar-refractivity contribution in [2.24, 2.45) is 5.92 Å². The Morgan fingerprint density at radius 3 is 2.73 bits per heavy atom. The summed E-state index contributed by atoms with van der Waals surface area (Å²) in [6.45, 7) is 3.56. The molecule has 1 aliphatic carbocycles. The normalized spacial score (nSPS) is 21.8. The van der Waals surface area contributed by atoms with Crippen molar-refractivity contribution in [3.05, 3.63) is 35.6 Å². The third-order valence-electron chi connectivity index (χ3n) is 5.22. The highest BCUT2D eigenvalue weighted by Crippen LogP contribution is 2.26. The number of halogens is 2. The molecule has 1 saturated heterocycles. The number of nitrogens with one attached hydrogen (secondary N) is 2. The fraction of sp³-hybridized carbons (Fsp3) is 0.579. The molecular formula is C19H27ClFN3O2. The Hall–Kier alpha value is -1.66. The number of hydrogen-bond acceptors (Lipinski definition) is 3. The van der Waals surface area contributed by atoms with Gasteiger partial charge in [0.05, 0.1) is 6.04 Å². The summed E-state index contributed by atoms with van der Waals surface area (Å²) in [6, 6.07) is 5.58. The monoisotopic (exact) mass is 383 g/mol. The summed E-state index contributed by atoms with van der Waals surface area (Å²) in [5.74, 6) is -0.395. The van der Waals surface area contributed by atoms with Crippen LogP contribution in [0.2, 0.25) is 0 Å². The van der Waals surface area contributed by atoms with Crippen molar-refractivity contribution in [2.45, 2.75) is 44.7 Å². The molecule has 3 rings (SSSR count). The van der Waals surface area contributed by atoms with Crippen molar-refractivity contribution in [1.29, 1.82) is 0 Å². The van der Waals surface area contributed by atoms with Gasteiger partial charge in [-0.25, -0.2) is 4.39 Å². The lowest BCUT2D eigenvalue weighted by Gasteiger charge is -2.38. The lowest BCUT2D eigenvalue weighted by atomic mass is 10.0. The smallest absolute Gasteiger partial charge is 0.245 e. The number of carbonyl (C=O) groups is 2. The fourth-order valence-electron chi connectivity index (χ4n) is 3.81. The summed E-state index contributed by atoms with van der Waals surface area (Å²) in [4.78, 5) is 27.0. The van der Waals surface area contributed by atoms with E-state index in [0.717, 1.165) is 31.2 Å². The van der Waals surface area contributed by atoms with Crippen molar-refractivity contribution in [3.8, 4) is 0 Å². The van der Waals surface area contributed by atoms with E-state index in [9.17, 15) is 14.0 Å². The number of hydrogen-bond donors (Lipinski definition) is 2. The van der Waals surface area contributed by atoms with Gasteiger partial charge in [-0.05, 0) is 37.5 Å². The van der Waals surface area contributed by atoms with E-state index < -0.39 is 6.04 Å². The third-order valence-corrected chi connectivity index (χ3v) is 5.22. The van der Waals surface area contributed by atoms with Crippen LogP contribution >= 0.6 is 12.4 Å². The van der Waals surface area contributed by atoms with Gasteiger partial charge in [0, 0.05) is 25.6 Å². The van der Waals surface area contributed by atoms with E-state index in [1.54, 1.807) is 17.9 Å². The Morgan fingerprint density at radius 1 is 1.31 bits per heavy atom. The molecule has 7 heteroatoms. The van der Waals surface area contributed by atoms with Crippen LogP contribution in [-0.2, 0) is 9.59 Å². The molecule has 2 aliphatic rings. The average Bonchev–Trinajstić information content (AvgIpc) is 3.16. The lowest BCUT2D eigenvalue weighted by Crippen LogP contribution is -2.55. The second-order valence-electron chi connectivity index (χ2n) is 7.02. The zero-order valence-corrected chi connectivity index (χ0v) is 15.9. The van der Waals surface area contributed by atoms with Crippen LogP contribution in [0.3, 0.4) is 0 Å². The molecule has 2 fully saturated rings. The molecule has 1 heterocycles. The molecule has 5 nitrogen and oxygen atoms in total. The van der Waals surface area contributed by atoms with E-state index >= 15 is 0 Å². The predicted octanol–water partition coefficient (Wildman–Crippen LogP) is 2.42. The minimum atomic E-state index is -0.567. The summed E-state index contributed by atoms with van der Waals surface area (Å²) < 4.78 is 13.6. The number of piperazine rings is 1. The van der Waals surface area contributed by atoms with Gasteiger partial charge < -0.3 is 15.5 Å². The van der Waals surface area contributed by atoms with E-state index in [1.807, 2.05) is 6.07 Å². The third kappa shape index (κ3) is 4.74. The van der Waals surface area contributed by atoms with Crippen molar-refractivity contribution in [2.75, 3.05) is 19.6 Å². The number of rotatable bonds is 4. The summed E-state index contributed by atoms with van der Waals surface area (Å²) in [6.07, 6.45) is 3.98. The van der Waals surface area contributed by atoms with Gasteiger partial charge in [0.1, 0.15) is 11.9 Å². The van der Waals surface area contributed by atoms with Crippen molar-refractivity contribution >= 4 is 24.2 Å². The van der Waals surface area contributed by atoms with Crippen LogP contribution in [0.5, 0.6) is 0 Å². The standard InChI is InChI=1S/C19H26FN3O2.ClH/c1-13(22-18(24)14-5-2-3-6-14)19(25)23-10-9-21-12-17(23)15-7-4-8-16(20)11-15;/h4,7-8,11,13-14,17,21H,2-3,5-6,9-10,12H2,1H3,(H,22,24);1H. The predicted molar refractivity (Wildman–Crippen MR) is 101 cm³/mol. The molecule has 0 radical (unpaired) electrons. The molecule has 2 atom stereocenters. The molecule has 2 unspecified atom stereocenters. The van der Waals surface area contributed by atoms with E-state index in [4.69, 9.17) is 0 Å². The summed E-state index contributed by atoms with van der Waals surface area (Å²) in [5.41, 5.74) is 0.773. The summed E-state index contributed by atoms with van der Waals surface area (Å²) in [7, 11) is 0. The Morgan fingerprint density at radius 2 is 2.04 bits per heavy atom. The topological polar surface area (TPSA) is 61.4 Å². The van der Waals surface area contributed by atoms with Gasteiger partial charge in [0.15, 0.2) is 0 Å². The molecule has 1 saturated carbocycles. The first-order valence-electron chi connectivity index (χ1n) is 9.13. The van der Waals surface area contributed by atoms with Crippen LogP contribution in [0, 0.1) is 11.7 Å². The highest BCUT2D eigenvalue weighted by Gasteiger charge is 2.32. The zero-order chi connectivity index (χ0) is 17.8. The van der Waals surface area contributed by atoms with Crippen LogP contribution in [0.4, 0.5) is 4.39 Å². The van der Waals surface area contributed by atoms with Crippen LogP contribution in [0.25, 0.3) is 0 Å². The summed E-state index contributed by atoms with van der Waals surface area (Å²) >= 11 is 0. The molecule has 0 spiro atoms. The molecule has 26 heavy (non-hydrogen) atoms. The molecule has 0 aromatic heterocycles. The maximum atomic E-state index is 13.6. The van der Waals surface area contributed by atoms with E-state index in [0.29, 0.717) is 19.6 Å². The number of amides is 2. The number of carbonyl (C=O) groups excluding carboxylic acids is 2. The van der Waals surface area contributed by atoms with Crippen LogP contribution in [-0.4, -0.2) is 42.4 Å². The fourth-order valence-corrected chi connectivity index (χ4v) is 3.81. The Kier molecular flexibility index (Phi) is 7.41. The van der Waals surface area contributed by atoms with E-state index in [2.05, 4.69) is 10.6 Å². The van der Waals surface area contributed by atoms with Gasteiger partial charge in [0.25, 0.3) is 0 Å². The highest BCUT2D eigenvalue weighted by molar-refractivity contribution is 5.88. The first-order valence-corrected chi connectivity index (χ1v) is 9.13. The first kappa shape index (κ1) is 20.6. The van der Waals surface area contributed by atoms with Crippen LogP contribution < -0.4 is 10.6 Å². The molecule has 1 aromatic rings. The second kappa shape index (κ2) is 9.33. The molecule has 1 aromatic carbocycles. The number of benzene rings is 1. The Labute approximate surface area is 160 Å². The second-order valence-corrected chi connectivity index (χ2v) is 7.02. The quantitative estimate of drug-likeness (QED) is 0.839. The lowest BCUT2D eigenvalue weighted by molar-refractivity contribution is -0.139. The first-order chi connectivity index (χ1) is 12.1. The maximum Gasteiger partial charge on any atom is 0.245 e. The van der Waals surface area contributed by atoms with Gasteiger partial charge in [0.2, 0.25) is 11.8 Å². The van der Waals surface area contributed by atoms with Crippen LogP contribution in [0.1, 0.15) is 44.2 Å². The van der Waals surface area contributed by atoms with Crippen molar-refractivity contribution in [1.82, 2.24) is 15.5 Å². The minimum absolute atomic E-state index is 0. The number of nitrogens with zero attached hydrogens (tertiary/aromatic N) is 1. The Bertz CT molecular complexity index is 637. The van der Waals surface area contributed by atoms with Gasteiger partial charge in [-0.1, -0.05) is 25.0 Å². The highest BCUT2D eigenvalue weighted by atomic mass is 35.5. The van der Waals surface area contributed by atoms with E-state index in [1.165, 1.54) is 12.1 Å². The van der Waals surface area contributed by atoms with Gasteiger partial charge in [-0.3, -0.25) is 9.59 Å². The largest absolute Gasteiger partial charge is 0.344 e. The molecule has 144 valence electrons. The van der Waals surface area contributed by atoms with Gasteiger partial charge >= 0.3 is 0 Å². The van der Waals surface area contributed by atoms with Crippen molar-refractivity contribution in [3.63, 3.8) is 0 Å². The molecule has 2 N–H and O–H groups in total. The molecule has 1 aliphatic heterocycles. The molecule has 0 bridgehead atoms. The molecule has 2 amide bonds. The minimum Gasteiger partial charge on any atom is -0.344 e. The van der Waals surface area contributed by atoms with E-state index in [-0.39, 0.29) is 42.0 Å².